The van der Waals surface area contributed by atoms with Gasteiger partial charge in [0.05, 0.1) is 99.0 Å². The molecule has 8 N–H and O–H groups in total. The standard InChI is InChI=1S/C24H25N7O3.C22H21N7O3.C20H19N7O.C10H15N6.C8H19N.C6H12O.C4H7BrO2.F6P/c1-3-33-20(32)14-31-13-17(12-28-31)21-29-22(30-34-21)24(2,19-8-9-19)18-6-4-15(5-7-18)16-10-26-23(25)27-11-16;1-22(17-6-7-17,16-4-2-13(3-5-16)14-8-24-21(23)25-9-14)20-27-19(32-28-20)15-10-26-29(11-15)12-18(30)31;1-20(16-6-7-16,18-26-17(28-27-18)14-10-24-25-11-14)15-4-2-12(3-5-15)13-8-22-19(21)23-9-13;1-14(2)10(15(3)4)16-9-8(12-13-16)6-5-7-11-9;1-6-9(7(2)3)8(4)5;1-7-6-4-2-3-5-6;1-2-7-4(6)3-5;1-7(2,3,4,5)6/h4-7,10-13,19H,3,8-9,14H2,1-2H3,(H2,25,26,27);2-5,8-11,17H,6-7,12H2,1H3,(H,30,31)(H2,23,24,25);2-5,8-11,16H,6-7H2,1H3,(H,24,25)(H2,21,22,23);5-7H,1-4H3;7-8H,6H2,1-5H3;6H,2-5H2,1H3;2-3H2,1H3;/q;;;+1;;;;-1/t24-;22-;20-;;;;;/m000...../s1. The van der Waals surface area contributed by atoms with E-state index in [2.05, 4.69) is 221 Å². The van der Waals surface area contributed by atoms with E-state index in [4.69, 9.17) is 50.3 Å². The number of halogens is 7. The molecule has 140 heavy (non-hydrogen) atoms. The third-order valence-corrected chi connectivity index (χ3v) is 24.1. The van der Waals surface area contributed by atoms with E-state index in [-0.39, 0.29) is 48.3 Å². The van der Waals surface area contributed by atoms with Crippen LogP contribution in [0.15, 0.2) is 179 Å². The number of benzene rings is 3. The van der Waals surface area contributed by atoms with Gasteiger partial charge in [0.2, 0.25) is 23.5 Å². The monoisotopic (exact) mass is 2020 g/mol. The molecule has 4 saturated carbocycles. The van der Waals surface area contributed by atoms with Crippen molar-refractivity contribution in [3.63, 3.8) is 0 Å². The van der Waals surface area contributed by atoms with Crippen molar-refractivity contribution in [3.8, 4) is 67.7 Å². The number of ether oxygens (including phenoxy) is 3. The first kappa shape index (κ1) is 107. The topological polar surface area (TPSA) is 489 Å². The number of nitrogens with two attached hydrogens (primary N) is 3. The van der Waals surface area contributed by atoms with Crippen molar-refractivity contribution >= 4 is 76.6 Å². The number of anilines is 3. The number of nitrogen functional groups attached to an aromatic ring is 3. The number of hydrogen-bond acceptors (Lipinski definition) is 31. The number of carboxylic acids is 1. The van der Waals surface area contributed by atoms with Gasteiger partial charge in [-0.3, -0.25) is 43.2 Å². The first-order chi connectivity index (χ1) is 66.4. The number of nitrogens with one attached hydrogen (secondary N) is 1. The number of nitrogens with zero attached hydrogens (tertiary/aromatic N) is 24. The zero-order valence-electron chi connectivity index (χ0n) is 80.5. The van der Waals surface area contributed by atoms with Crippen LogP contribution in [0.5, 0.6) is 0 Å². The first-order valence-electron chi connectivity index (χ1n) is 45.4. The molecule has 0 bridgehead atoms. The number of alkyl halides is 1. The summed E-state index contributed by atoms with van der Waals surface area (Å²) < 4.78 is 97.0. The molecule has 38 nitrogen and oxygen atoms in total. The number of aliphatic carboxylic acids is 1. The van der Waals surface area contributed by atoms with Crippen LogP contribution in [0.1, 0.15) is 168 Å². The van der Waals surface area contributed by atoms with Gasteiger partial charge in [0.1, 0.15) is 23.9 Å². The maximum atomic E-state index is 11.7. The minimum atomic E-state index is -10.7. The van der Waals surface area contributed by atoms with Crippen LogP contribution in [-0.4, -0.2) is 232 Å². The van der Waals surface area contributed by atoms with Gasteiger partial charge in [-0.25, -0.2) is 34.9 Å². The molecule has 3 atom stereocenters. The molecule has 4 aliphatic rings. The number of carboxylic acid groups (broad SMARTS) is 1. The third-order valence-electron chi connectivity index (χ3n) is 23.7. The molecule has 4 aliphatic carbocycles. The summed E-state index contributed by atoms with van der Waals surface area (Å²) in [4.78, 5) is 79.9. The number of rotatable bonds is 26. The Balaban J connectivity index is 0.000000165. The van der Waals surface area contributed by atoms with E-state index in [1.165, 1.54) is 41.2 Å². The number of carbonyl (C=O) groups excluding carboxylic acids is 2. The summed E-state index contributed by atoms with van der Waals surface area (Å²) in [6.07, 6.45) is 34.5. The fourth-order valence-electron chi connectivity index (χ4n) is 16.1. The Morgan fingerprint density at radius 2 is 0.921 bits per heavy atom. The Morgan fingerprint density at radius 1 is 0.543 bits per heavy atom. The van der Waals surface area contributed by atoms with Crippen LogP contribution in [0, 0.1) is 17.8 Å². The molecule has 46 heteroatoms. The zero-order valence-corrected chi connectivity index (χ0v) is 83.0. The van der Waals surface area contributed by atoms with Gasteiger partial charge in [0.15, 0.2) is 17.5 Å². The summed E-state index contributed by atoms with van der Waals surface area (Å²) >= 11 is 2.94. The number of aromatic amines is 1. The van der Waals surface area contributed by atoms with Crippen molar-refractivity contribution in [2.24, 2.45) is 17.8 Å². The van der Waals surface area contributed by atoms with Crippen LogP contribution < -0.4 is 17.2 Å². The van der Waals surface area contributed by atoms with Crippen LogP contribution in [0.4, 0.5) is 43.0 Å². The molecule has 4 fully saturated rings. The summed E-state index contributed by atoms with van der Waals surface area (Å²) in [5, 5.41) is 45.3. The Morgan fingerprint density at radius 3 is 1.22 bits per heavy atom. The van der Waals surface area contributed by atoms with Gasteiger partial charge in [0.25, 0.3) is 17.7 Å². The van der Waals surface area contributed by atoms with E-state index < -0.39 is 24.6 Å². The Kier molecular flexibility index (Phi) is 35.3. The van der Waals surface area contributed by atoms with Gasteiger partial charge >= 0.3 is 56.9 Å². The average molecular weight is 2030 g/mol. The average Bonchev–Trinajstić information content (AvgIpc) is 1.55. The van der Waals surface area contributed by atoms with E-state index >= 15 is 0 Å². The quantitative estimate of drug-likeness (QED) is 0.00639. The van der Waals surface area contributed by atoms with Gasteiger partial charge in [0, 0.05) is 103 Å². The fraction of sp³-hybridized carbons (Fsp3) is 0.426. The molecule has 0 amide bonds. The van der Waals surface area contributed by atoms with E-state index in [0.717, 1.165) is 118 Å². The Labute approximate surface area is 812 Å². The third kappa shape index (κ3) is 29.6. The number of aromatic nitrogens is 22. The molecule has 0 aliphatic heterocycles. The normalized spacial score (nSPS) is 15.1. The number of H-pyrrole nitrogens is 1. The number of methoxy groups -OCH3 is 1. The zero-order chi connectivity index (χ0) is 102. The van der Waals surface area contributed by atoms with E-state index in [1.807, 2.05) is 74.1 Å². The summed E-state index contributed by atoms with van der Waals surface area (Å²) in [5.41, 5.74) is 28.3. The van der Waals surface area contributed by atoms with Crippen molar-refractivity contribution in [1.82, 2.24) is 120 Å². The molecule has 18 rings (SSSR count). The van der Waals surface area contributed by atoms with Gasteiger partial charge in [-0.05, 0) is 183 Å². The summed E-state index contributed by atoms with van der Waals surface area (Å²) in [5.74, 6) is 4.59. The van der Waals surface area contributed by atoms with Gasteiger partial charge < -0.3 is 50.1 Å². The molecular formula is C94H118BrF6N28O10P. The maximum absolute atomic E-state index is 11.7. The van der Waals surface area contributed by atoms with Gasteiger partial charge in [-0.1, -0.05) is 129 Å². The fourth-order valence-corrected chi connectivity index (χ4v) is 16.2. The van der Waals surface area contributed by atoms with E-state index in [9.17, 15) is 39.6 Å². The summed E-state index contributed by atoms with van der Waals surface area (Å²) in [6.45, 7) is 22.9. The predicted octanol–water partition coefficient (Wildman–Crippen LogP) is 17.1. The molecule has 14 aromatic rings. The molecule has 0 saturated heterocycles. The number of pyridine rings is 1. The van der Waals surface area contributed by atoms with Crippen molar-refractivity contribution < 1.29 is 77.0 Å². The Hall–Kier alpha value is -13.8. The van der Waals surface area contributed by atoms with Crippen molar-refractivity contribution in [1.29, 1.82) is 0 Å². The molecule has 11 heterocycles. The summed E-state index contributed by atoms with van der Waals surface area (Å²) in [7, 11) is -1.000. The molecule has 748 valence electrons. The predicted molar refractivity (Wildman–Crippen MR) is 518 cm³/mol. The van der Waals surface area contributed by atoms with Crippen molar-refractivity contribution in [3.05, 3.63) is 200 Å². The number of carbonyl (C=O) groups is 3. The summed E-state index contributed by atoms with van der Waals surface area (Å²) in [6, 6.07) is 30.0. The van der Waals surface area contributed by atoms with Crippen molar-refractivity contribution in [2.75, 3.05) is 77.6 Å². The van der Waals surface area contributed by atoms with Crippen LogP contribution in [0.2, 0.25) is 0 Å². The van der Waals surface area contributed by atoms with Crippen LogP contribution in [-0.2, 0) is 57.9 Å². The van der Waals surface area contributed by atoms with Crippen LogP contribution in [0.3, 0.4) is 0 Å². The first-order valence-corrected chi connectivity index (χ1v) is 48.5. The van der Waals surface area contributed by atoms with Crippen LogP contribution >= 0.6 is 23.7 Å². The van der Waals surface area contributed by atoms with E-state index in [1.54, 1.807) is 100 Å². The number of hydrogen-bond donors (Lipinski definition) is 5. The van der Waals surface area contributed by atoms with E-state index in [0.29, 0.717) is 101 Å². The van der Waals surface area contributed by atoms with Gasteiger partial charge in [-0.15, -0.1) is 5.10 Å². The van der Waals surface area contributed by atoms with Crippen molar-refractivity contribution in [2.45, 2.75) is 181 Å². The second kappa shape index (κ2) is 46.3. The minimum absolute atomic E-state index is 0.0278. The van der Waals surface area contributed by atoms with Gasteiger partial charge in [-0.2, -0.15) is 30.2 Å². The molecule has 0 radical (unpaired) electrons. The second-order valence-corrected chi connectivity index (χ2v) is 37.4. The number of esters is 2. The number of fused-ring (bicyclic) bond motifs is 1. The molecular weight excluding hydrogens is 1910 g/mol. The molecule has 0 unspecified atom stereocenters. The molecule has 0 spiro atoms. The van der Waals surface area contributed by atoms with Crippen LogP contribution in [0.25, 0.3) is 78.9 Å². The Bertz CT molecular complexity index is 6340. The molecule has 11 aromatic heterocycles. The molecule has 3 aromatic carbocycles. The SMILES string of the molecule is CCN(C(C)C)C(C)C.CCOC(=O)CBr.CCOC(=O)Cn1cc(-c2nc([C@@](C)(c3ccc(-c4cnc(N)nc4)cc3)C3CC3)no2)cn1.CN(C)C(n1nnc2cccnc21)=[N+](C)C.COC1CCCC1.C[C@@](c1ccc(-c2cnc(N)nc2)cc1)(c1noc(-c2cn[nH]c2)n1)C1CC1.C[C@@](c1ccc(-c2cnc(N)nc2)cc1)(c1noc(-c2cnn(CC(=O)O)c2)n1)C1CC1.F[P-](F)(F)(F)(F)F. The second-order valence-electron chi connectivity index (χ2n) is 35.0.